The summed E-state index contributed by atoms with van der Waals surface area (Å²) < 4.78 is 37.2. The Morgan fingerprint density at radius 1 is 1.11 bits per heavy atom. The number of hydrogen-bond donors (Lipinski definition) is 1. The van der Waals surface area contributed by atoms with Gasteiger partial charge in [0.25, 0.3) is 10.0 Å². The largest absolute Gasteiger partial charge is 0.465 e. The molecule has 0 aliphatic heterocycles. The van der Waals surface area contributed by atoms with Crippen LogP contribution in [0.3, 0.4) is 0 Å². The second-order valence-electron chi connectivity index (χ2n) is 5.49. The van der Waals surface area contributed by atoms with Gasteiger partial charge in [-0.25, -0.2) is 18.0 Å². The van der Waals surface area contributed by atoms with Crippen LogP contribution in [0.25, 0.3) is 0 Å². The number of rotatable bonds is 6. The summed E-state index contributed by atoms with van der Waals surface area (Å²) in [7, 11) is -2.82. The van der Waals surface area contributed by atoms with Gasteiger partial charge in [-0.2, -0.15) is 0 Å². The normalized spacial score (nSPS) is 11.0. The molecule has 0 radical (unpaired) electrons. The number of benzene rings is 2. The molecule has 27 heavy (non-hydrogen) atoms. The number of anilines is 1. The van der Waals surface area contributed by atoms with Gasteiger partial charge in [0, 0.05) is 0 Å². The molecule has 0 fully saturated rings. The highest BCUT2D eigenvalue weighted by Gasteiger charge is 2.20. The number of methoxy groups -OCH3 is 1. The van der Waals surface area contributed by atoms with E-state index in [1.165, 1.54) is 37.4 Å². The quantitative estimate of drug-likeness (QED) is 0.731. The van der Waals surface area contributed by atoms with E-state index in [4.69, 9.17) is 16.3 Å². The lowest BCUT2D eigenvalue weighted by Crippen LogP contribution is -2.15. The third-order valence-electron chi connectivity index (χ3n) is 3.64. The zero-order chi connectivity index (χ0) is 20.2. The van der Waals surface area contributed by atoms with Gasteiger partial charge in [-0.05, 0) is 55.8 Å². The van der Waals surface area contributed by atoms with Crippen LogP contribution in [0.15, 0.2) is 41.3 Å². The van der Waals surface area contributed by atoms with E-state index in [0.29, 0.717) is 11.1 Å². The summed E-state index contributed by atoms with van der Waals surface area (Å²) in [6.45, 7) is 3.59. The van der Waals surface area contributed by atoms with Crippen molar-refractivity contribution in [2.45, 2.75) is 18.7 Å². The molecule has 7 nitrogen and oxygen atoms in total. The summed E-state index contributed by atoms with van der Waals surface area (Å²) in [5.41, 5.74) is 1.08. The van der Waals surface area contributed by atoms with E-state index in [0.717, 1.165) is 6.07 Å². The zero-order valence-electron chi connectivity index (χ0n) is 14.9. The van der Waals surface area contributed by atoms with Crippen LogP contribution in [0.1, 0.15) is 33.2 Å². The maximum Gasteiger partial charge on any atom is 0.339 e. The molecule has 0 bridgehead atoms. The predicted molar refractivity (Wildman–Crippen MR) is 101 cm³/mol. The van der Waals surface area contributed by atoms with Gasteiger partial charge in [0.1, 0.15) is 0 Å². The monoisotopic (exact) mass is 411 g/mol. The van der Waals surface area contributed by atoms with E-state index >= 15 is 0 Å². The van der Waals surface area contributed by atoms with Crippen LogP contribution in [0.5, 0.6) is 0 Å². The summed E-state index contributed by atoms with van der Waals surface area (Å²) in [6, 6.07) is 8.18. The fraction of sp³-hybridized carbons (Fsp3) is 0.222. The van der Waals surface area contributed by atoms with Crippen molar-refractivity contribution in [2.75, 3.05) is 18.4 Å². The Kier molecular flexibility index (Phi) is 6.45. The summed E-state index contributed by atoms with van der Waals surface area (Å²) in [4.78, 5) is 23.3. The number of esters is 2. The van der Waals surface area contributed by atoms with E-state index in [1.807, 2.05) is 0 Å². The molecule has 2 aromatic carbocycles. The highest BCUT2D eigenvalue weighted by Crippen LogP contribution is 2.25. The summed E-state index contributed by atoms with van der Waals surface area (Å²) in [5.74, 6) is -1.23. The number of carbonyl (C=O) groups is 2. The Labute approximate surface area is 162 Å². The van der Waals surface area contributed by atoms with Crippen LogP contribution in [0, 0.1) is 6.92 Å². The fourth-order valence-corrected chi connectivity index (χ4v) is 3.61. The lowest BCUT2D eigenvalue weighted by molar-refractivity contribution is 0.0525. The maximum absolute atomic E-state index is 12.7. The molecule has 0 amide bonds. The summed E-state index contributed by atoms with van der Waals surface area (Å²) in [6.07, 6.45) is 0. The van der Waals surface area contributed by atoms with Crippen LogP contribution in [0.4, 0.5) is 5.69 Å². The first kappa shape index (κ1) is 20.7. The molecule has 144 valence electrons. The number of hydrogen-bond acceptors (Lipinski definition) is 6. The lowest BCUT2D eigenvalue weighted by Gasteiger charge is -2.13. The first-order valence-electron chi connectivity index (χ1n) is 7.88. The average Bonchev–Trinajstić information content (AvgIpc) is 2.63. The first-order valence-corrected chi connectivity index (χ1v) is 9.74. The number of halogens is 1. The lowest BCUT2D eigenvalue weighted by atomic mass is 10.1. The highest BCUT2D eigenvalue weighted by atomic mass is 35.5. The molecule has 2 aromatic rings. The minimum Gasteiger partial charge on any atom is -0.465 e. The van der Waals surface area contributed by atoms with Crippen molar-refractivity contribution in [3.63, 3.8) is 0 Å². The van der Waals surface area contributed by atoms with Crippen molar-refractivity contribution >= 4 is 39.3 Å². The Morgan fingerprint density at radius 3 is 2.41 bits per heavy atom. The highest BCUT2D eigenvalue weighted by molar-refractivity contribution is 7.92. The van der Waals surface area contributed by atoms with Crippen LogP contribution >= 0.6 is 11.6 Å². The third-order valence-corrected chi connectivity index (χ3v) is 5.33. The van der Waals surface area contributed by atoms with Crippen molar-refractivity contribution in [3.8, 4) is 0 Å². The van der Waals surface area contributed by atoms with Crippen LogP contribution in [0.2, 0.25) is 5.02 Å². The predicted octanol–water partition coefficient (Wildman–Crippen LogP) is 3.41. The molecular formula is C18H18ClNO6S. The van der Waals surface area contributed by atoms with Gasteiger partial charge in [0.15, 0.2) is 0 Å². The van der Waals surface area contributed by atoms with Gasteiger partial charge in [-0.3, -0.25) is 4.72 Å². The van der Waals surface area contributed by atoms with Gasteiger partial charge < -0.3 is 9.47 Å². The molecule has 0 aliphatic carbocycles. The first-order chi connectivity index (χ1) is 12.7. The average molecular weight is 412 g/mol. The van der Waals surface area contributed by atoms with E-state index in [-0.39, 0.29) is 27.8 Å². The van der Waals surface area contributed by atoms with Gasteiger partial charge in [0.2, 0.25) is 0 Å². The number of aryl methyl sites for hydroxylation is 1. The number of sulfonamides is 1. The number of ether oxygens (including phenoxy) is 2. The molecule has 1 N–H and O–H groups in total. The molecule has 0 unspecified atom stereocenters. The molecular weight excluding hydrogens is 394 g/mol. The molecule has 0 saturated carbocycles. The number of nitrogens with one attached hydrogen (secondary N) is 1. The molecule has 0 aliphatic rings. The molecule has 0 heterocycles. The van der Waals surface area contributed by atoms with Crippen LogP contribution in [-0.4, -0.2) is 34.1 Å². The molecule has 0 atom stereocenters. The summed E-state index contributed by atoms with van der Waals surface area (Å²) in [5, 5.41) is 0.0794. The van der Waals surface area contributed by atoms with E-state index < -0.39 is 22.0 Å². The van der Waals surface area contributed by atoms with Crippen molar-refractivity contribution in [1.82, 2.24) is 0 Å². The zero-order valence-corrected chi connectivity index (χ0v) is 16.5. The van der Waals surface area contributed by atoms with Gasteiger partial charge in [-0.1, -0.05) is 11.6 Å². The van der Waals surface area contributed by atoms with Gasteiger partial charge in [0.05, 0.1) is 40.4 Å². The number of carbonyl (C=O) groups excluding carboxylic acids is 2. The second kappa shape index (κ2) is 8.41. The maximum atomic E-state index is 12.7. The molecule has 9 heteroatoms. The Morgan fingerprint density at radius 2 is 1.81 bits per heavy atom. The van der Waals surface area contributed by atoms with Crippen molar-refractivity contribution in [2.24, 2.45) is 0 Å². The molecule has 0 spiro atoms. The minimum absolute atomic E-state index is 0.0589. The van der Waals surface area contributed by atoms with E-state index in [1.54, 1.807) is 13.8 Å². The Hall–Kier alpha value is -2.58. The van der Waals surface area contributed by atoms with Crippen LogP contribution < -0.4 is 4.72 Å². The van der Waals surface area contributed by atoms with E-state index in [9.17, 15) is 18.0 Å². The van der Waals surface area contributed by atoms with Gasteiger partial charge >= 0.3 is 11.9 Å². The topological polar surface area (TPSA) is 98.8 Å². The summed E-state index contributed by atoms with van der Waals surface area (Å²) >= 11 is 5.92. The van der Waals surface area contributed by atoms with Gasteiger partial charge in [-0.15, -0.1) is 0 Å². The molecule has 2 rings (SSSR count). The fourth-order valence-electron chi connectivity index (χ4n) is 2.26. The SMILES string of the molecule is CCOC(=O)c1ccc(NS(=O)(=O)c2ccc(Cl)c(C(=O)OC)c2)c(C)c1. The van der Waals surface area contributed by atoms with Crippen LogP contribution in [-0.2, 0) is 19.5 Å². The smallest absolute Gasteiger partial charge is 0.339 e. The third kappa shape index (κ3) is 4.78. The van der Waals surface area contributed by atoms with Crippen molar-refractivity contribution < 1.29 is 27.5 Å². The van der Waals surface area contributed by atoms with E-state index in [2.05, 4.69) is 9.46 Å². The Bertz CT molecular complexity index is 987. The minimum atomic E-state index is -3.99. The van der Waals surface area contributed by atoms with Crippen molar-refractivity contribution in [3.05, 3.63) is 58.1 Å². The second-order valence-corrected chi connectivity index (χ2v) is 7.58. The Balaban J connectivity index is 2.34. The molecule has 0 saturated heterocycles. The molecule has 0 aromatic heterocycles. The van der Waals surface area contributed by atoms with Crippen molar-refractivity contribution in [1.29, 1.82) is 0 Å². The standard InChI is InChI=1S/C18H18ClNO6S/c1-4-26-17(21)12-5-8-16(11(2)9-12)20-27(23,24)13-6-7-15(19)14(10-13)18(22)25-3/h5-10,20H,4H2,1-3H3.